The summed E-state index contributed by atoms with van der Waals surface area (Å²) in [5.41, 5.74) is 2.85. The molecule has 1 aliphatic heterocycles. The van der Waals surface area contributed by atoms with Crippen LogP contribution in [0.2, 0.25) is 0 Å². The summed E-state index contributed by atoms with van der Waals surface area (Å²) in [4.78, 5) is 7.72. The first-order valence-corrected chi connectivity index (χ1v) is 7.51. The van der Waals surface area contributed by atoms with Crippen molar-refractivity contribution in [2.75, 3.05) is 11.4 Å². The van der Waals surface area contributed by atoms with Crippen molar-refractivity contribution >= 4 is 16.5 Å². The maximum Gasteiger partial charge on any atom is 0.185 e. The van der Waals surface area contributed by atoms with Crippen LogP contribution in [0.4, 0.5) is 5.13 Å². The normalized spacial score (nSPS) is 16.8. The molecule has 0 aliphatic carbocycles. The molecule has 0 saturated heterocycles. The van der Waals surface area contributed by atoms with E-state index >= 15 is 0 Å². The van der Waals surface area contributed by atoms with Gasteiger partial charge in [-0.15, -0.1) is 0 Å². The molecule has 0 bridgehead atoms. The van der Waals surface area contributed by atoms with E-state index in [9.17, 15) is 5.11 Å². The van der Waals surface area contributed by atoms with Crippen LogP contribution in [-0.4, -0.2) is 16.6 Å². The summed E-state index contributed by atoms with van der Waals surface area (Å²) in [7, 11) is 0. The van der Waals surface area contributed by atoms with E-state index in [1.165, 1.54) is 11.1 Å². The highest BCUT2D eigenvalue weighted by Gasteiger charge is 2.17. The Morgan fingerprint density at radius 3 is 2.84 bits per heavy atom. The largest absolute Gasteiger partial charge is 0.388 e. The Morgan fingerprint density at radius 2 is 2.11 bits per heavy atom. The third-order valence-electron chi connectivity index (χ3n) is 3.55. The van der Waals surface area contributed by atoms with Gasteiger partial charge in [-0.05, 0) is 30.9 Å². The number of thiazole rings is 1. The van der Waals surface area contributed by atoms with Crippen LogP contribution >= 0.6 is 11.3 Å². The number of anilines is 1. The van der Waals surface area contributed by atoms with Crippen LogP contribution in [0.1, 0.15) is 35.5 Å². The lowest BCUT2D eigenvalue weighted by molar-refractivity contribution is 0.203. The Labute approximate surface area is 117 Å². The number of aromatic nitrogens is 1. The van der Waals surface area contributed by atoms with Crippen molar-refractivity contribution in [1.82, 2.24) is 4.98 Å². The molecule has 1 unspecified atom stereocenters. The predicted molar refractivity (Wildman–Crippen MR) is 78.6 cm³/mol. The molecule has 2 aromatic rings. The standard InChI is InChI=1S/C15H18N2OS/c1-11(18)14-9-16-15(19-14)17-8-4-7-12-5-2-3-6-13(12)10-17/h2-3,5-6,9,11,18H,4,7-8,10H2,1H3. The third kappa shape index (κ3) is 2.65. The van der Waals surface area contributed by atoms with E-state index in [0.717, 1.165) is 35.9 Å². The summed E-state index contributed by atoms with van der Waals surface area (Å²) in [6, 6.07) is 8.65. The van der Waals surface area contributed by atoms with Crippen molar-refractivity contribution in [2.45, 2.75) is 32.4 Å². The first kappa shape index (κ1) is 12.6. The van der Waals surface area contributed by atoms with Gasteiger partial charge in [0.15, 0.2) is 5.13 Å². The van der Waals surface area contributed by atoms with Gasteiger partial charge in [-0.2, -0.15) is 0 Å². The van der Waals surface area contributed by atoms with E-state index in [2.05, 4.69) is 34.1 Å². The number of hydrogen-bond acceptors (Lipinski definition) is 4. The van der Waals surface area contributed by atoms with Crippen LogP contribution in [0.15, 0.2) is 30.5 Å². The van der Waals surface area contributed by atoms with Crippen LogP contribution in [0.3, 0.4) is 0 Å². The molecule has 4 heteroatoms. The quantitative estimate of drug-likeness (QED) is 0.914. The van der Waals surface area contributed by atoms with Gasteiger partial charge in [0.25, 0.3) is 0 Å². The maximum atomic E-state index is 9.60. The van der Waals surface area contributed by atoms with Gasteiger partial charge in [-0.3, -0.25) is 0 Å². The van der Waals surface area contributed by atoms with Gasteiger partial charge < -0.3 is 10.0 Å². The smallest absolute Gasteiger partial charge is 0.185 e. The maximum absolute atomic E-state index is 9.60. The molecule has 19 heavy (non-hydrogen) atoms. The van der Waals surface area contributed by atoms with Crippen molar-refractivity contribution < 1.29 is 5.11 Å². The molecule has 1 aromatic carbocycles. The van der Waals surface area contributed by atoms with Gasteiger partial charge in [-0.25, -0.2) is 4.98 Å². The van der Waals surface area contributed by atoms with E-state index in [1.54, 1.807) is 24.5 Å². The molecule has 2 heterocycles. The first-order chi connectivity index (χ1) is 9.24. The molecular weight excluding hydrogens is 256 g/mol. The monoisotopic (exact) mass is 274 g/mol. The highest BCUT2D eigenvalue weighted by Crippen LogP contribution is 2.30. The summed E-state index contributed by atoms with van der Waals surface area (Å²) in [6.07, 6.45) is 3.66. The predicted octanol–water partition coefficient (Wildman–Crippen LogP) is 3.15. The van der Waals surface area contributed by atoms with Gasteiger partial charge in [0, 0.05) is 19.3 Å². The average molecular weight is 274 g/mol. The molecular formula is C15H18N2OS. The molecule has 1 aromatic heterocycles. The van der Waals surface area contributed by atoms with Crippen molar-refractivity contribution in [3.05, 3.63) is 46.5 Å². The average Bonchev–Trinajstić information content (AvgIpc) is 2.80. The Bertz CT molecular complexity index is 565. The summed E-state index contributed by atoms with van der Waals surface area (Å²) in [6.45, 7) is 3.74. The number of aliphatic hydroxyl groups excluding tert-OH is 1. The number of nitrogens with zero attached hydrogens (tertiary/aromatic N) is 2. The zero-order valence-electron chi connectivity index (χ0n) is 11.0. The summed E-state index contributed by atoms with van der Waals surface area (Å²) in [5, 5.41) is 10.6. The van der Waals surface area contributed by atoms with E-state index in [0.29, 0.717) is 0 Å². The lowest BCUT2D eigenvalue weighted by atomic mass is 10.0. The van der Waals surface area contributed by atoms with E-state index in [4.69, 9.17) is 0 Å². The van der Waals surface area contributed by atoms with Gasteiger partial charge in [0.05, 0.1) is 11.0 Å². The van der Waals surface area contributed by atoms with Crippen LogP contribution in [0, 0.1) is 0 Å². The molecule has 0 saturated carbocycles. The minimum Gasteiger partial charge on any atom is -0.388 e. The Balaban J connectivity index is 1.85. The molecule has 100 valence electrons. The van der Waals surface area contributed by atoms with Gasteiger partial charge >= 0.3 is 0 Å². The van der Waals surface area contributed by atoms with Crippen molar-refractivity contribution in [2.24, 2.45) is 0 Å². The number of fused-ring (bicyclic) bond motifs is 1. The second-order valence-corrected chi connectivity index (χ2v) is 6.06. The molecule has 0 amide bonds. The summed E-state index contributed by atoms with van der Waals surface area (Å²) >= 11 is 1.60. The van der Waals surface area contributed by atoms with Crippen molar-refractivity contribution in [3.63, 3.8) is 0 Å². The van der Waals surface area contributed by atoms with Crippen molar-refractivity contribution in [3.8, 4) is 0 Å². The van der Waals surface area contributed by atoms with Gasteiger partial charge in [-0.1, -0.05) is 35.6 Å². The van der Waals surface area contributed by atoms with Crippen LogP contribution in [0.5, 0.6) is 0 Å². The number of aliphatic hydroxyl groups is 1. The lowest BCUT2D eigenvalue weighted by Crippen LogP contribution is -2.22. The van der Waals surface area contributed by atoms with Gasteiger partial charge in [0.1, 0.15) is 0 Å². The van der Waals surface area contributed by atoms with E-state index < -0.39 is 6.10 Å². The van der Waals surface area contributed by atoms with Crippen LogP contribution < -0.4 is 4.90 Å². The molecule has 1 aliphatic rings. The summed E-state index contributed by atoms with van der Waals surface area (Å²) < 4.78 is 0. The molecule has 0 spiro atoms. The third-order valence-corrected chi connectivity index (χ3v) is 4.78. The number of hydrogen-bond donors (Lipinski definition) is 1. The highest BCUT2D eigenvalue weighted by atomic mass is 32.1. The number of rotatable bonds is 2. The molecule has 0 fully saturated rings. The molecule has 1 atom stereocenters. The number of aryl methyl sites for hydroxylation is 1. The lowest BCUT2D eigenvalue weighted by Gasteiger charge is -2.19. The Kier molecular flexibility index (Phi) is 3.53. The fourth-order valence-electron chi connectivity index (χ4n) is 2.48. The van der Waals surface area contributed by atoms with Crippen LogP contribution in [0.25, 0.3) is 0 Å². The van der Waals surface area contributed by atoms with Gasteiger partial charge in [0.2, 0.25) is 0 Å². The molecule has 0 radical (unpaired) electrons. The Hall–Kier alpha value is -1.39. The van der Waals surface area contributed by atoms with Crippen molar-refractivity contribution in [1.29, 1.82) is 0 Å². The second kappa shape index (κ2) is 5.31. The van der Waals surface area contributed by atoms with Crippen LogP contribution in [-0.2, 0) is 13.0 Å². The molecule has 1 N–H and O–H groups in total. The molecule has 3 nitrogen and oxygen atoms in total. The second-order valence-electron chi connectivity index (χ2n) is 5.01. The molecule has 3 rings (SSSR count). The minimum atomic E-state index is -0.425. The highest BCUT2D eigenvalue weighted by molar-refractivity contribution is 7.15. The first-order valence-electron chi connectivity index (χ1n) is 6.69. The minimum absolute atomic E-state index is 0.425. The topological polar surface area (TPSA) is 36.4 Å². The zero-order valence-corrected chi connectivity index (χ0v) is 11.9. The zero-order chi connectivity index (χ0) is 13.2. The fourth-order valence-corrected chi connectivity index (χ4v) is 3.36. The number of benzene rings is 1. The Morgan fingerprint density at radius 1 is 1.32 bits per heavy atom. The fraction of sp³-hybridized carbons (Fsp3) is 0.400. The van der Waals surface area contributed by atoms with E-state index in [-0.39, 0.29) is 0 Å². The summed E-state index contributed by atoms with van der Waals surface area (Å²) in [5.74, 6) is 0. The van der Waals surface area contributed by atoms with E-state index in [1.807, 2.05) is 0 Å². The SMILES string of the molecule is CC(O)c1cnc(N2CCCc3ccccc3C2)s1.